The SMILES string of the molecule is CN(C)c1ccc(-c2ncc(I)c(N)n2)cc1. The molecular formula is C12H13IN4. The number of nitrogens with zero attached hydrogens (tertiary/aromatic N) is 3. The fraction of sp³-hybridized carbons (Fsp3) is 0.167. The van der Waals surface area contributed by atoms with E-state index >= 15 is 0 Å². The molecular weight excluding hydrogens is 327 g/mol. The van der Waals surface area contributed by atoms with Gasteiger partial charge in [0.1, 0.15) is 5.82 Å². The van der Waals surface area contributed by atoms with Crippen molar-refractivity contribution in [2.45, 2.75) is 0 Å². The minimum atomic E-state index is 0.521. The van der Waals surface area contributed by atoms with Crippen molar-refractivity contribution in [1.29, 1.82) is 0 Å². The number of rotatable bonds is 2. The molecule has 0 atom stereocenters. The van der Waals surface area contributed by atoms with Gasteiger partial charge in [0.25, 0.3) is 0 Å². The Balaban J connectivity index is 2.36. The quantitative estimate of drug-likeness (QED) is 0.853. The Kier molecular flexibility index (Phi) is 3.46. The van der Waals surface area contributed by atoms with Gasteiger partial charge < -0.3 is 10.6 Å². The summed E-state index contributed by atoms with van der Waals surface area (Å²) in [5, 5.41) is 0. The lowest BCUT2D eigenvalue weighted by atomic mass is 10.2. The average Bonchev–Trinajstić information content (AvgIpc) is 2.33. The van der Waals surface area contributed by atoms with Crippen LogP contribution < -0.4 is 10.6 Å². The lowest BCUT2D eigenvalue weighted by Crippen LogP contribution is -2.08. The van der Waals surface area contributed by atoms with Gasteiger partial charge in [-0.15, -0.1) is 0 Å². The molecule has 0 aliphatic carbocycles. The van der Waals surface area contributed by atoms with Crippen molar-refractivity contribution in [3.63, 3.8) is 0 Å². The Bertz CT molecular complexity index is 523. The van der Waals surface area contributed by atoms with Crippen LogP contribution in [-0.2, 0) is 0 Å². The number of hydrogen-bond donors (Lipinski definition) is 1. The van der Waals surface area contributed by atoms with Crippen LogP contribution in [0.25, 0.3) is 11.4 Å². The summed E-state index contributed by atoms with van der Waals surface area (Å²) in [6.45, 7) is 0. The summed E-state index contributed by atoms with van der Waals surface area (Å²) >= 11 is 2.12. The van der Waals surface area contributed by atoms with Gasteiger partial charge in [-0.05, 0) is 46.9 Å². The van der Waals surface area contributed by atoms with Crippen LogP contribution in [0.5, 0.6) is 0 Å². The maximum atomic E-state index is 5.77. The van der Waals surface area contributed by atoms with E-state index in [2.05, 4.69) is 32.6 Å². The van der Waals surface area contributed by atoms with E-state index in [4.69, 9.17) is 5.73 Å². The molecule has 0 unspecified atom stereocenters. The number of hydrogen-bond acceptors (Lipinski definition) is 4. The van der Waals surface area contributed by atoms with E-state index in [0.29, 0.717) is 11.6 Å². The molecule has 0 spiro atoms. The average molecular weight is 340 g/mol. The first-order valence-corrected chi connectivity index (χ1v) is 6.21. The Morgan fingerprint density at radius 1 is 1.18 bits per heavy atom. The standard InChI is InChI=1S/C12H13IN4/c1-17(2)9-5-3-8(4-6-9)12-15-7-10(13)11(14)16-12/h3-7H,1-2H3,(H2,14,15,16). The third-order valence-corrected chi connectivity index (χ3v) is 3.24. The Hall–Kier alpha value is -1.37. The van der Waals surface area contributed by atoms with Crippen molar-refractivity contribution in [3.05, 3.63) is 34.0 Å². The molecule has 88 valence electrons. The van der Waals surface area contributed by atoms with Crippen molar-refractivity contribution in [1.82, 2.24) is 9.97 Å². The maximum absolute atomic E-state index is 5.77. The first-order valence-electron chi connectivity index (χ1n) is 5.13. The Morgan fingerprint density at radius 2 is 1.82 bits per heavy atom. The third-order valence-electron chi connectivity index (χ3n) is 2.41. The fourth-order valence-electron chi connectivity index (χ4n) is 1.43. The highest BCUT2D eigenvalue weighted by atomic mass is 127. The summed E-state index contributed by atoms with van der Waals surface area (Å²) in [6.07, 6.45) is 1.73. The van der Waals surface area contributed by atoms with Crippen LogP contribution in [0.4, 0.5) is 11.5 Å². The molecule has 0 amide bonds. The van der Waals surface area contributed by atoms with Gasteiger partial charge in [0, 0.05) is 31.5 Å². The molecule has 2 rings (SSSR count). The van der Waals surface area contributed by atoms with Crippen LogP contribution in [-0.4, -0.2) is 24.1 Å². The molecule has 0 fully saturated rings. The van der Waals surface area contributed by atoms with E-state index in [-0.39, 0.29) is 0 Å². The first kappa shape index (κ1) is 12.1. The molecule has 1 heterocycles. The summed E-state index contributed by atoms with van der Waals surface area (Å²) in [4.78, 5) is 10.6. The molecule has 0 saturated carbocycles. The van der Waals surface area contributed by atoms with Gasteiger partial charge in [-0.1, -0.05) is 0 Å². The summed E-state index contributed by atoms with van der Waals surface area (Å²) in [5.41, 5.74) is 7.89. The molecule has 0 aliphatic heterocycles. The Labute approximate surface area is 114 Å². The van der Waals surface area contributed by atoms with Gasteiger partial charge >= 0.3 is 0 Å². The molecule has 1 aromatic carbocycles. The number of halogens is 1. The van der Waals surface area contributed by atoms with Gasteiger partial charge in [0.2, 0.25) is 0 Å². The summed E-state index contributed by atoms with van der Waals surface area (Å²) in [7, 11) is 4.02. The highest BCUT2D eigenvalue weighted by Crippen LogP contribution is 2.21. The molecule has 1 aromatic heterocycles. The van der Waals surface area contributed by atoms with Crippen LogP contribution in [0.1, 0.15) is 0 Å². The summed E-state index contributed by atoms with van der Waals surface area (Å²) in [5.74, 6) is 1.18. The summed E-state index contributed by atoms with van der Waals surface area (Å²) in [6, 6.07) is 8.06. The smallest absolute Gasteiger partial charge is 0.161 e. The van der Waals surface area contributed by atoms with Crippen LogP contribution in [0.15, 0.2) is 30.5 Å². The zero-order valence-corrected chi connectivity index (χ0v) is 11.8. The van der Waals surface area contributed by atoms with Gasteiger partial charge in [0.05, 0.1) is 3.57 Å². The minimum absolute atomic E-state index is 0.521. The van der Waals surface area contributed by atoms with Crippen molar-refractivity contribution >= 4 is 34.1 Å². The van der Waals surface area contributed by atoms with E-state index in [1.807, 2.05) is 43.3 Å². The maximum Gasteiger partial charge on any atom is 0.161 e. The highest BCUT2D eigenvalue weighted by molar-refractivity contribution is 14.1. The monoisotopic (exact) mass is 340 g/mol. The first-order chi connectivity index (χ1) is 8.08. The second-order valence-electron chi connectivity index (χ2n) is 3.87. The van der Waals surface area contributed by atoms with Crippen molar-refractivity contribution < 1.29 is 0 Å². The largest absolute Gasteiger partial charge is 0.383 e. The molecule has 4 nitrogen and oxygen atoms in total. The molecule has 5 heteroatoms. The molecule has 17 heavy (non-hydrogen) atoms. The zero-order chi connectivity index (χ0) is 12.4. The number of benzene rings is 1. The van der Waals surface area contributed by atoms with Crippen LogP contribution in [0.3, 0.4) is 0 Å². The van der Waals surface area contributed by atoms with Crippen LogP contribution in [0, 0.1) is 3.57 Å². The second-order valence-corrected chi connectivity index (χ2v) is 5.03. The third kappa shape index (κ3) is 2.66. The van der Waals surface area contributed by atoms with Crippen LogP contribution >= 0.6 is 22.6 Å². The number of nitrogen functional groups attached to an aromatic ring is 1. The predicted molar refractivity (Wildman–Crippen MR) is 78.9 cm³/mol. The number of aromatic nitrogens is 2. The molecule has 0 aliphatic rings. The highest BCUT2D eigenvalue weighted by Gasteiger charge is 2.04. The molecule has 2 N–H and O–H groups in total. The molecule has 2 aromatic rings. The molecule has 0 radical (unpaired) electrons. The van der Waals surface area contributed by atoms with E-state index in [1.54, 1.807) is 6.20 Å². The van der Waals surface area contributed by atoms with Gasteiger partial charge in [-0.25, -0.2) is 9.97 Å². The lowest BCUT2D eigenvalue weighted by molar-refractivity contribution is 1.13. The van der Waals surface area contributed by atoms with Crippen molar-refractivity contribution in [3.8, 4) is 11.4 Å². The van der Waals surface area contributed by atoms with Gasteiger partial charge in [-0.2, -0.15) is 0 Å². The van der Waals surface area contributed by atoms with E-state index in [0.717, 1.165) is 14.8 Å². The minimum Gasteiger partial charge on any atom is -0.383 e. The molecule has 0 bridgehead atoms. The Morgan fingerprint density at radius 3 is 2.35 bits per heavy atom. The van der Waals surface area contributed by atoms with Gasteiger partial charge in [0.15, 0.2) is 5.82 Å². The van der Waals surface area contributed by atoms with E-state index in [9.17, 15) is 0 Å². The topological polar surface area (TPSA) is 55.0 Å². The van der Waals surface area contributed by atoms with E-state index in [1.165, 1.54) is 0 Å². The number of anilines is 2. The molecule has 0 saturated heterocycles. The summed E-state index contributed by atoms with van der Waals surface area (Å²) < 4.78 is 0.872. The van der Waals surface area contributed by atoms with E-state index < -0.39 is 0 Å². The fourth-order valence-corrected chi connectivity index (χ4v) is 1.69. The van der Waals surface area contributed by atoms with Crippen molar-refractivity contribution in [2.75, 3.05) is 24.7 Å². The van der Waals surface area contributed by atoms with Gasteiger partial charge in [-0.3, -0.25) is 0 Å². The number of nitrogens with two attached hydrogens (primary N) is 1. The normalized spacial score (nSPS) is 10.3. The second kappa shape index (κ2) is 4.87. The lowest BCUT2D eigenvalue weighted by Gasteiger charge is -2.12. The predicted octanol–water partition coefficient (Wildman–Crippen LogP) is 2.40. The van der Waals surface area contributed by atoms with Crippen molar-refractivity contribution in [2.24, 2.45) is 0 Å². The van der Waals surface area contributed by atoms with Crippen LogP contribution in [0.2, 0.25) is 0 Å². The zero-order valence-electron chi connectivity index (χ0n) is 9.68.